The lowest BCUT2D eigenvalue weighted by Gasteiger charge is -2.37. The molecule has 3 aromatic rings. The molecule has 4 rings (SSSR count). The van der Waals surface area contributed by atoms with Gasteiger partial charge in [-0.3, -0.25) is 9.59 Å². The minimum atomic E-state index is -1.19. The topological polar surface area (TPSA) is 96.0 Å². The largest absolute Gasteiger partial charge is 0.395 e. The van der Waals surface area contributed by atoms with Gasteiger partial charge in [0.15, 0.2) is 17.1 Å². The predicted octanol–water partition coefficient (Wildman–Crippen LogP) is 4.79. The maximum absolute atomic E-state index is 14.3. The average Bonchev–Trinajstić information content (AvgIpc) is 2.96. The summed E-state index contributed by atoms with van der Waals surface area (Å²) in [5.41, 5.74) is 8.43. The summed E-state index contributed by atoms with van der Waals surface area (Å²) in [6, 6.07) is 26.9. The Bertz CT molecular complexity index is 1230. The Balaban J connectivity index is 1.53. The van der Waals surface area contributed by atoms with Gasteiger partial charge in [-0.15, -0.1) is 0 Å². The predicted molar refractivity (Wildman–Crippen MR) is 156 cm³/mol. The number of aliphatic hydroxyl groups is 1. The number of amidine groups is 1. The fraction of sp³-hybridized carbons (Fsp3) is 0.364. The summed E-state index contributed by atoms with van der Waals surface area (Å²) in [5, 5.41) is 9.26. The zero-order valence-electron chi connectivity index (χ0n) is 22.8. The Kier molecular flexibility index (Phi) is 9.79. The van der Waals surface area contributed by atoms with Crippen LogP contribution in [0.5, 0.6) is 0 Å². The number of aliphatic imine (C=N–C) groups is 1. The van der Waals surface area contributed by atoms with E-state index in [0.29, 0.717) is 37.2 Å². The molecule has 0 saturated heterocycles. The van der Waals surface area contributed by atoms with Gasteiger partial charge >= 0.3 is 0 Å². The molecule has 1 unspecified atom stereocenters. The number of nitrogens with zero attached hydrogens (tertiary/aromatic N) is 2. The molecule has 1 aliphatic rings. The van der Waals surface area contributed by atoms with Gasteiger partial charge in [-0.25, -0.2) is 4.99 Å². The van der Waals surface area contributed by atoms with Gasteiger partial charge in [0.05, 0.1) is 12.4 Å². The second-order valence-electron chi connectivity index (χ2n) is 10.3. The lowest BCUT2D eigenvalue weighted by Crippen LogP contribution is -2.47. The number of nitrogens with two attached hydrogens (primary N) is 1. The molecular formula is C33H39N3O3. The van der Waals surface area contributed by atoms with Crippen LogP contribution in [0.2, 0.25) is 0 Å². The minimum Gasteiger partial charge on any atom is -0.395 e. The number of ketones is 2. The summed E-state index contributed by atoms with van der Waals surface area (Å²) in [7, 11) is 0. The fourth-order valence-electron chi connectivity index (χ4n) is 5.62. The highest BCUT2D eigenvalue weighted by Gasteiger charge is 2.47. The average molecular weight is 526 g/mol. The van der Waals surface area contributed by atoms with Gasteiger partial charge < -0.3 is 15.7 Å². The highest BCUT2D eigenvalue weighted by Crippen LogP contribution is 2.41. The van der Waals surface area contributed by atoms with Gasteiger partial charge in [-0.05, 0) is 55.1 Å². The zero-order chi connectivity index (χ0) is 27.7. The quantitative estimate of drug-likeness (QED) is 0.313. The van der Waals surface area contributed by atoms with Crippen molar-refractivity contribution in [2.75, 3.05) is 26.2 Å². The first-order valence-electron chi connectivity index (χ1n) is 13.9. The number of aliphatic hydroxyl groups excluding tert-OH is 1. The molecule has 1 heterocycles. The van der Waals surface area contributed by atoms with Crippen LogP contribution in [0.3, 0.4) is 0 Å². The van der Waals surface area contributed by atoms with Crippen LogP contribution in [0.25, 0.3) is 0 Å². The molecule has 0 aliphatic carbocycles. The standard InChI is InChI=1S/C33H39N3O3/c1-2-18-36(20-21-37)19-10-17-30(38)26-12-9-11-25(22-26)23-27-24-31(34)35-33(32(27)39,28-13-5-3-6-14-28)29-15-7-4-8-16-29/h3-9,11-16,22,27,37H,2,10,17-21,23-24H2,1H3,(H2,34,35). The summed E-state index contributed by atoms with van der Waals surface area (Å²) in [6.45, 7) is 4.57. The first-order valence-corrected chi connectivity index (χ1v) is 13.9. The highest BCUT2D eigenvalue weighted by molar-refractivity contribution is 6.03. The van der Waals surface area contributed by atoms with E-state index in [1.807, 2.05) is 84.9 Å². The first kappa shape index (κ1) is 28.4. The van der Waals surface area contributed by atoms with Crippen LogP contribution >= 0.6 is 0 Å². The summed E-state index contributed by atoms with van der Waals surface area (Å²) in [4.78, 5) is 34.3. The number of carbonyl (C=O) groups is 2. The number of hydrogen-bond acceptors (Lipinski definition) is 6. The van der Waals surface area contributed by atoms with Gasteiger partial charge in [-0.1, -0.05) is 85.8 Å². The van der Waals surface area contributed by atoms with E-state index >= 15 is 0 Å². The van der Waals surface area contributed by atoms with Crippen LogP contribution in [-0.4, -0.2) is 53.6 Å². The third-order valence-corrected chi connectivity index (χ3v) is 7.44. The van der Waals surface area contributed by atoms with Crippen molar-refractivity contribution >= 4 is 17.4 Å². The molecule has 0 amide bonds. The molecule has 39 heavy (non-hydrogen) atoms. The number of benzene rings is 3. The lowest BCUT2D eigenvalue weighted by atomic mass is 9.71. The second-order valence-corrected chi connectivity index (χ2v) is 10.3. The van der Waals surface area contributed by atoms with Crippen LogP contribution in [0.4, 0.5) is 0 Å². The first-order chi connectivity index (χ1) is 19.0. The second kappa shape index (κ2) is 13.5. The maximum Gasteiger partial charge on any atom is 0.173 e. The van der Waals surface area contributed by atoms with Crippen molar-refractivity contribution in [2.45, 2.75) is 44.6 Å². The van der Waals surface area contributed by atoms with Crippen molar-refractivity contribution in [1.82, 2.24) is 4.90 Å². The van der Waals surface area contributed by atoms with E-state index in [1.54, 1.807) is 0 Å². The molecule has 0 bridgehead atoms. The number of carbonyl (C=O) groups excluding carboxylic acids is 2. The molecule has 3 N–H and O–H groups in total. The molecule has 6 nitrogen and oxygen atoms in total. The van der Waals surface area contributed by atoms with Gasteiger partial charge in [0.25, 0.3) is 0 Å². The highest BCUT2D eigenvalue weighted by atomic mass is 16.3. The molecule has 6 heteroatoms. The van der Waals surface area contributed by atoms with E-state index in [0.717, 1.165) is 42.6 Å². The van der Waals surface area contributed by atoms with Gasteiger partial charge in [0.2, 0.25) is 0 Å². The molecule has 0 radical (unpaired) electrons. The normalized spacial score (nSPS) is 16.7. The number of hydrogen-bond donors (Lipinski definition) is 2. The summed E-state index contributed by atoms with van der Waals surface area (Å²) < 4.78 is 0. The Morgan fingerprint density at radius 2 is 1.64 bits per heavy atom. The monoisotopic (exact) mass is 525 g/mol. The molecule has 1 atom stereocenters. The maximum atomic E-state index is 14.3. The third kappa shape index (κ3) is 6.70. The summed E-state index contributed by atoms with van der Waals surface area (Å²) in [6.07, 6.45) is 3.08. The molecule has 0 fully saturated rings. The smallest absolute Gasteiger partial charge is 0.173 e. The Morgan fingerprint density at radius 3 is 2.26 bits per heavy atom. The van der Waals surface area contributed by atoms with Crippen molar-refractivity contribution in [3.05, 3.63) is 107 Å². The minimum absolute atomic E-state index is 0.0192. The van der Waals surface area contributed by atoms with E-state index in [2.05, 4.69) is 11.8 Å². The lowest BCUT2D eigenvalue weighted by molar-refractivity contribution is -0.127. The number of rotatable bonds is 13. The fourth-order valence-corrected chi connectivity index (χ4v) is 5.62. The van der Waals surface area contributed by atoms with E-state index < -0.39 is 5.54 Å². The third-order valence-electron chi connectivity index (χ3n) is 7.44. The molecule has 0 spiro atoms. The number of Topliss-reactive ketones (excluding diaryl/α,β-unsaturated/α-hetero) is 2. The van der Waals surface area contributed by atoms with E-state index in [4.69, 9.17) is 10.7 Å². The van der Waals surface area contributed by atoms with E-state index in [1.165, 1.54) is 0 Å². The van der Waals surface area contributed by atoms with E-state index in [9.17, 15) is 14.7 Å². The van der Waals surface area contributed by atoms with Gasteiger partial charge in [-0.2, -0.15) is 0 Å². The summed E-state index contributed by atoms with van der Waals surface area (Å²) >= 11 is 0. The van der Waals surface area contributed by atoms with Crippen LogP contribution in [0.1, 0.15) is 59.7 Å². The zero-order valence-corrected chi connectivity index (χ0v) is 22.8. The van der Waals surface area contributed by atoms with Crippen molar-refractivity contribution < 1.29 is 14.7 Å². The van der Waals surface area contributed by atoms with Crippen LogP contribution < -0.4 is 5.73 Å². The molecule has 0 saturated carbocycles. The Hall–Kier alpha value is -3.61. The van der Waals surface area contributed by atoms with Gasteiger partial charge in [0, 0.05) is 30.9 Å². The SMILES string of the molecule is CCCN(CCO)CCCC(=O)c1cccc(CC2CC(N)=NC(c3ccccc3)(c3ccccc3)C2=O)c1. The molecule has 1 aliphatic heterocycles. The van der Waals surface area contributed by atoms with E-state index in [-0.39, 0.29) is 24.1 Å². The van der Waals surface area contributed by atoms with Crippen molar-refractivity contribution in [2.24, 2.45) is 16.6 Å². The van der Waals surface area contributed by atoms with Crippen LogP contribution in [0.15, 0.2) is 89.9 Å². The molecule has 0 aromatic heterocycles. The summed E-state index contributed by atoms with van der Waals surface area (Å²) in [5.74, 6) is 0.204. The Morgan fingerprint density at radius 1 is 0.974 bits per heavy atom. The molecule has 3 aromatic carbocycles. The molecule has 204 valence electrons. The van der Waals surface area contributed by atoms with Crippen LogP contribution in [0, 0.1) is 5.92 Å². The van der Waals surface area contributed by atoms with Crippen molar-refractivity contribution in [3.8, 4) is 0 Å². The van der Waals surface area contributed by atoms with Crippen molar-refractivity contribution in [3.63, 3.8) is 0 Å². The van der Waals surface area contributed by atoms with Crippen molar-refractivity contribution in [1.29, 1.82) is 0 Å². The van der Waals surface area contributed by atoms with Gasteiger partial charge in [0.1, 0.15) is 0 Å². The molecular weight excluding hydrogens is 486 g/mol. The van der Waals surface area contributed by atoms with Crippen LogP contribution in [-0.2, 0) is 16.8 Å². The Labute approximate surface area is 231 Å².